The van der Waals surface area contributed by atoms with Crippen LogP contribution in [-0.4, -0.2) is 62.9 Å². The number of benzene rings is 2. The van der Waals surface area contributed by atoms with Crippen LogP contribution in [0.1, 0.15) is 11.1 Å². The van der Waals surface area contributed by atoms with E-state index in [1.807, 2.05) is 11.0 Å². The van der Waals surface area contributed by atoms with Gasteiger partial charge in [0.25, 0.3) is 0 Å². The van der Waals surface area contributed by atoms with Crippen LogP contribution in [0, 0.1) is 11.3 Å². The molecule has 0 aromatic heterocycles. The molecule has 0 bridgehead atoms. The molecule has 8 nitrogen and oxygen atoms in total. The van der Waals surface area contributed by atoms with Crippen LogP contribution in [0.25, 0.3) is 0 Å². The van der Waals surface area contributed by atoms with Gasteiger partial charge >= 0.3 is 0 Å². The van der Waals surface area contributed by atoms with Gasteiger partial charge in [-0.15, -0.1) is 6.58 Å². The van der Waals surface area contributed by atoms with E-state index in [-0.39, 0.29) is 41.1 Å². The van der Waals surface area contributed by atoms with Gasteiger partial charge in [0.2, 0.25) is 15.9 Å². The largest absolute Gasteiger partial charge is 0.379 e. The van der Waals surface area contributed by atoms with E-state index in [0.717, 1.165) is 5.56 Å². The van der Waals surface area contributed by atoms with E-state index in [0.29, 0.717) is 31.9 Å². The molecule has 1 aliphatic heterocycles. The van der Waals surface area contributed by atoms with Gasteiger partial charge in [0.1, 0.15) is 0 Å². The van der Waals surface area contributed by atoms with E-state index < -0.39 is 10.0 Å². The molecule has 3 rings (SSSR count). The Morgan fingerprint density at radius 2 is 2.03 bits per heavy atom. The monoisotopic (exact) mass is 488 g/mol. The lowest BCUT2D eigenvalue weighted by Crippen LogP contribution is -2.40. The molecule has 2 aromatic rings. The van der Waals surface area contributed by atoms with Crippen molar-refractivity contribution < 1.29 is 17.9 Å². The summed E-state index contributed by atoms with van der Waals surface area (Å²) >= 11 is 6.23. The van der Waals surface area contributed by atoms with Gasteiger partial charge in [0.15, 0.2) is 0 Å². The fourth-order valence-corrected chi connectivity index (χ4v) is 5.05. The molecule has 0 aliphatic carbocycles. The number of carbonyl (C=O) groups excluding carboxylic acids is 1. The molecule has 33 heavy (non-hydrogen) atoms. The van der Waals surface area contributed by atoms with Crippen molar-refractivity contribution in [2.75, 3.05) is 44.7 Å². The van der Waals surface area contributed by atoms with Crippen molar-refractivity contribution in [3.05, 3.63) is 71.3 Å². The van der Waals surface area contributed by atoms with Gasteiger partial charge in [-0.05, 0) is 35.9 Å². The molecule has 0 unspecified atom stereocenters. The summed E-state index contributed by atoms with van der Waals surface area (Å²) in [5, 5.41) is 12.0. The van der Waals surface area contributed by atoms with Crippen LogP contribution in [-0.2, 0) is 26.1 Å². The average Bonchev–Trinajstić information content (AvgIpc) is 2.81. The van der Waals surface area contributed by atoms with Crippen molar-refractivity contribution in [2.45, 2.75) is 11.4 Å². The lowest BCUT2D eigenvalue weighted by atomic mass is 10.1. The topological polar surface area (TPSA) is 103 Å². The number of nitrogens with zero attached hydrogens (tertiary/aromatic N) is 3. The predicted molar refractivity (Wildman–Crippen MR) is 126 cm³/mol. The average molecular weight is 489 g/mol. The van der Waals surface area contributed by atoms with E-state index in [4.69, 9.17) is 21.6 Å². The molecule has 0 saturated carbocycles. The number of nitrogens with one attached hydrogen (secondary N) is 1. The van der Waals surface area contributed by atoms with Crippen molar-refractivity contribution in [3.8, 4) is 6.07 Å². The molecular formula is C23H25ClN4O4S. The highest BCUT2D eigenvalue weighted by Crippen LogP contribution is 2.27. The van der Waals surface area contributed by atoms with Crippen molar-refractivity contribution >= 4 is 33.2 Å². The lowest BCUT2D eigenvalue weighted by molar-refractivity contribution is -0.117. The quantitative estimate of drug-likeness (QED) is 0.544. The highest BCUT2D eigenvalue weighted by atomic mass is 35.5. The first-order chi connectivity index (χ1) is 15.8. The summed E-state index contributed by atoms with van der Waals surface area (Å²) in [5.74, 6) is -0.351. The molecule has 1 heterocycles. The van der Waals surface area contributed by atoms with Crippen LogP contribution in [0.4, 0.5) is 5.69 Å². The number of anilines is 1. The van der Waals surface area contributed by atoms with E-state index in [2.05, 4.69) is 18.0 Å². The van der Waals surface area contributed by atoms with Crippen molar-refractivity contribution in [3.63, 3.8) is 0 Å². The number of rotatable bonds is 9. The van der Waals surface area contributed by atoms with Gasteiger partial charge in [0, 0.05) is 26.2 Å². The molecular weight excluding hydrogens is 464 g/mol. The van der Waals surface area contributed by atoms with Gasteiger partial charge in [-0.1, -0.05) is 29.8 Å². The van der Waals surface area contributed by atoms with Gasteiger partial charge in [-0.2, -0.15) is 9.57 Å². The van der Waals surface area contributed by atoms with E-state index >= 15 is 0 Å². The summed E-state index contributed by atoms with van der Waals surface area (Å²) in [7, 11) is -3.72. The van der Waals surface area contributed by atoms with Crippen LogP contribution >= 0.6 is 11.6 Å². The Morgan fingerprint density at radius 3 is 2.73 bits per heavy atom. The number of ether oxygens (including phenoxy) is 1. The summed E-state index contributed by atoms with van der Waals surface area (Å²) in [5.41, 5.74) is 1.65. The summed E-state index contributed by atoms with van der Waals surface area (Å²) in [4.78, 5) is 14.7. The number of sulfonamides is 1. The number of amides is 1. The Morgan fingerprint density at radius 1 is 1.27 bits per heavy atom. The number of nitriles is 1. The minimum absolute atomic E-state index is 0.0274. The Kier molecular flexibility index (Phi) is 8.61. The van der Waals surface area contributed by atoms with E-state index in [9.17, 15) is 13.2 Å². The van der Waals surface area contributed by atoms with Crippen molar-refractivity contribution in [1.82, 2.24) is 9.21 Å². The molecule has 1 N–H and O–H groups in total. The summed E-state index contributed by atoms with van der Waals surface area (Å²) < 4.78 is 32.4. The second kappa shape index (κ2) is 11.4. The van der Waals surface area contributed by atoms with Gasteiger partial charge in [0.05, 0.1) is 47.0 Å². The van der Waals surface area contributed by atoms with Crippen molar-refractivity contribution in [1.29, 1.82) is 5.26 Å². The third-order valence-corrected chi connectivity index (χ3v) is 7.26. The van der Waals surface area contributed by atoms with Crippen LogP contribution in [0.3, 0.4) is 0 Å². The molecule has 1 saturated heterocycles. The maximum Gasteiger partial charge on any atom is 0.243 e. The zero-order chi connectivity index (χ0) is 23.8. The minimum atomic E-state index is -3.72. The van der Waals surface area contributed by atoms with E-state index in [1.165, 1.54) is 22.5 Å². The summed E-state index contributed by atoms with van der Waals surface area (Å²) in [6.45, 7) is 5.88. The highest BCUT2D eigenvalue weighted by Gasteiger charge is 2.27. The predicted octanol–water partition coefficient (Wildman–Crippen LogP) is 2.86. The molecule has 1 fully saturated rings. The third-order valence-electron chi connectivity index (χ3n) is 5.04. The Labute approximate surface area is 199 Å². The number of hydrogen-bond donors (Lipinski definition) is 1. The second-order valence-electron chi connectivity index (χ2n) is 7.48. The first-order valence-corrected chi connectivity index (χ1v) is 12.1. The van der Waals surface area contributed by atoms with E-state index in [1.54, 1.807) is 24.3 Å². The first kappa shape index (κ1) is 24.9. The zero-order valence-electron chi connectivity index (χ0n) is 18.0. The first-order valence-electron chi connectivity index (χ1n) is 10.3. The Bertz CT molecular complexity index is 1160. The summed E-state index contributed by atoms with van der Waals surface area (Å²) in [6, 6.07) is 13.5. The van der Waals surface area contributed by atoms with Gasteiger partial charge in [-0.3, -0.25) is 9.69 Å². The van der Waals surface area contributed by atoms with Crippen LogP contribution in [0.2, 0.25) is 5.02 Å². The highest BCUT2D eigenvalue weighted by molar-refractivity contribution is 7.89. The van der Waals surface area contributed by atoms with Crippen LogP contribution in [0.5, 0.6) is 0 Å². The lowest BCUT2D eigenvalue weighted by Gasteiger charge is -2.26. The standard InChI is InChI=1S/C23H25ClN4O4S/c1-2-8-27(16-19-5-3-4-18(13-19)15-25)17-23(29)26-22-14-20(6-7-21(22)24)33(30,31)28-9-11-32-12-10-28/h2-7,13-14H,1,8-12,16-17H2,(H,26,29). The fraction of sp³-hybridized carbons (Fsp3) is 0.304. The maximum absolute atomic E-state index is 12.9. The molecule has 1 aliphatic rings. The molecule has 0 spiro atoms. The number of hydrogen-bond acceptors (Lipinski definition) is 6. The number of morpholine rings is 1. The molecule has 0 radical (unpaired) electrons. The minimum Gasteiger partial charge on any atom is -0.379 e. The number of carbonyl (C=O) groups is 1. The molecule has 10 heteroatoms. The summed E-state index contributed by atoms with van der Waals surface area (Å²) in [6.07, 6.45) is 1.68. The second-order valence-corrected chi connectivity index (χ2v) is 9.82. The van der Waals surface area contributed by atoms with Crippen LogP contribution in [0.15, 0.2) is 60.0 Å². The Balaban J connectivity index is 1.72. The Hall–Kier alpha value is -2.74. The molecule has 1 amide bonds. The van der Waals surface area contributed by atoms with Gasteiger partial charge < -0.3 is 10.1 Å². The van der Waals surface area contributed by atoms with Crippen LogP contribution < -0.4 is 5.32 Å². The van der Waals surface area contributed by atoms with Crippen molar-refractivity contribution in [2.24, 2.45) is 0 Å². The SMILES string of the molecule is C=CCN(CC(=O)Nc1cc(S(=O)(=O)N2CCOCC2)ccc1Cl)Cc1cccc(C#N)c1. The fourth-order valence-electron chi connectivity index (χ4n) is 3.45. The van der Waals surface area contributed by atoms with Gasteiger partial charge in [-0.25, -0.2) is 8.42 Å². The molecule has 174 valence electrons. The normalized spacial score (nSPS) is 14.6. The molecule has 0 atom stereocenters. The maximum atomic E-state index is 12.9. The third kappa shape index (κ3) is 6.63. The smallest absolute Gasteiger partial charge is 0.243 e. The zero-order valence-corrected chi connectivity index (χ0v) is 19.6. The molecule has 2 aromatic carbocycles. The number of halogens is 1.